The van der Waals surface area contributed by atoms with Crippen LogP contribution in [0, 0.1) is 6.92 Å². The third-order valence-electron chi connectivity index (χ3n) is 4.97. The number of hydrogen-bond acceptors (Lipinski definition) is 7. The fraction of sp³-hybridized carbons (Fsp3) is 0.333. The first kappa shape index (κ1) is 21.9. The number of piperazine rings is 1. The second-order valence-electron chi connectivity index (χ2n) is 7.06. The molecule has 0 saturated carbocycles. The highest BCUT2D eigenvalue weighted by Crippen LogP contribution is 2.28. The quantitative estimate of drug-likeness (QED) is 0.541. The van der Waals surface area contributed by atoms with E-state index in [1.807, 2.05) is 44.2 Å². The fourth-order valence-corrected chi connectivity index (χ4v) is 7.00. The molecule has 7 nitrogen and oxygen atoms in total. The highest BCUT2D eigenvalue weighted by atomic mass is 32.2. The fourth-order valence-electron chi connectivity index (χ4n) is 3.34. The second-order valence-corrected chi connectivity index (χ2v) is 11.4. The van der Waals surface area contributed by atoms with Crippen molar-refractivity contribution in [3.05, 3.63) is 52.3 Å². The van der Waals surface area contributed by atoms with Gasteiger partial charge >= 0.3 is 0 Å². The molecular weight excluding hydrogens is 454 g/mol. The van der Waals surface area contributed by atoms with E-state index in [9.17, 15) is 13.2 Å². The van der Waals surface area contributed by atoms with Gasteiger partial charge < -0.3 is 9.64 Å². The van der Waals surface area contributed by atoms with Crippen LogP contribution in [0.15, 0.2) is 46.0 Å². The zero-order valence-corrected chi connectivity index (χ0v) is 19.7. The monoisotopic (exact) mass is 477 g/mol. The number of carbonyl (C=O) groups excluding carboxylic acids is 1. The van der Waals surface area contributed by atoms with E-state index in [1.165, 1.54) is 27.0 Å². The zero-order valence-electron chi connectivity index (χ0n) is 17.3. The van der Waals surface area contributed by atoms with E-state index >= 15 is 0 Å². The number of rotatable bonds is 6. The van der Waals surface area contributed by atoms with Gasteiger partial charge in [0.2, 0.25) is 0 Å². The first-order valence-corrected chi connectivity index (χ1v) is 13.1. The van der Waals surface area contributed by atoms with Crippen LogP contribution in [0.2, 0.25) is 0 Å². The number of hydrogen-bond donors (Lipinski definition) is 0. The van der Waals surface area contributed by atoms with Crippen LogP contribution in [0.4, 0.5) is 0 Å². The lowest BCUT2D eigenvalue weighted by Gasteiger charge is -2.33. The van der Waals surface area contributed by atoms with Crippen LogP contribution in [-0.2, 0) is 10.0 Å². The van der Waals surface area contributed by atoms with Crippen LogP contribution in [0.3, 0.4) is 0 Å². The Morgan fingerprint density at radius 2 is 1.81 bits per heavy atom. The van der Waals surface area contributed by atoms with Crippen molar-refractivity contribution >= 4 is 38.6 Å². The summed E-state index contributed by atoms with van der Waals surface area (Å²) in [7, 11) is -3.50. The van der Waals surface area contributed by atoms with Crippen molar-refractivity contribution in [2.24, 2.45) is 0 Å². The smallest absolute Gasteiger partial charge is 0.273 e. The maximum Gasteiger partial charge on any atom is 0.273 e. The number of benzene rings is 1. The van der Waals surface area contributed by atoms with Gasteiger partial charge in [0.25, 0.3) is 15.9 Å². The van der Waals surface area contributed by atoms with Crippen LogP contribution >= 0.6 is 22.7 Å². The summed E-state index contributed by atoms with van der Waals surface area (Å²) >= 11 is 2.68. The average molecular weight is 478 g/mol. The van der Waals surface area contributed by atoms with Crippen LogP contribution < -0.4 is 4.74 Å². The Balaban J connectivity index is 1.40. The third kappa shape index (κ3) is 4.67. The van der Waals surface area contributed by atoms with E-state index in [0.717, 1.165) is 21.2 Å². The van der Waals surface area contributed by atoms with Crippen molar-refractivity contribution in [1.82, 2.24) is 14.2 Å². The second kappa shape index (κ2) is 9.07. The maximum atomic E-state index is 12.9. The number of thiazole rings is 1. The van der Waals surface area contributed by atoms with Crippen molar-refractivity contribution in [2.45, 2.75) is 18.1 Å². The minimum absolute atomic E-state index is 0.169. The van der Waals surface area contributed by atoms with Crippen LogP contribution in [-0.4, -0.2) is 61.3 Å². The summed E-state index contributed by atoms with van der Waals surface area (Å²) in [4.78, 5) is 20.0. The van der Waals surface area contributed by atoms with Crippen LogP contribution in [0.1, 0.15) is 22.3 Å². The minimum atomic E-state index is -3.50. The Bertz CT molecular complexity index is 1160. The molecule has 3 aromatic rings. The number of amides is 1. The number of ether oxygens (including phenoxy) is 1. The van der Waals surface area contributed by atoms with Gasteiger partial charge in [-0.3, -0.25) is 4.79 Å². The number of thiophene rings is 1. The van der Waals surface area contributed by atoms with E-state index in [0.29, 0.717) is 29.6 Å². The lowest BCUT2D eigenvalue weighted by atomic mass is 10.2. The topological polar surface area (TPSA) is 79.8 Å². The summed E-state index contributed by atoms with van der Waals surface area (Å²) < 4.78 is 32.8. The molecule has 1 fully saturated rings. The molecular formula is C21H23N3O4S3. The number of aryl methyl sites for hydroxylation is 1. The molecule has 4 rings (SSSR count). The van der Waals surface area contributed by atoms with Crippen LogP contribution in [0.25, 0.3) is 10.6 Å². The van der Waals surface area contributed by atoms with E-state index < -0.39 is 10.0 Å². The highest BCUT2D eigenvalue weighted by Gasteiger charge is 2.31. The van der Waals surface area contributed by atoms with Crippen molar-refractivity contribution < 1.29 is 17.9 Å². The summed E-state index contributed by atoms with van der Waals surface area (Å²) in [6.07, 6.45) is 0. The molecule has 1 aliphatic heterocycles. The SMILES string of the molecule is CCOc1ccc(-c2nc(C(=O)N3CCN(S(=O)(=O)c4ccc(C)s4)CC3)cs2)cc1. The normalized spacial score (nSPS) is 15.2. The lowest BCUT2D eigenvalue weighted by Crippen LogP contribution is -2.50. The third-order valence-corrected chi connectivity index (χ3v) is 9.23. The molecule has 10 heteroatoms. The molecule has 1 saturated heterocycles. The Kier molecular flexibility index (Phi) is 6.42. The van der Waals surface area contributed by atoms with E-state index in [-0.39, 0.29) is 19.0 Å². The first-order chi connectivity index (χ1) is 14.9. The molecule has 0 radical (unpaired) electrons. The molecule has 0 bridgehead atoms. The predicted octanol–water partition coefficient (Wildman–Crippen LogP) is 3.73. The van der Waals surface area contributed by atoms with E-state index in [4.69, 9.17) is 4.74 Å². The van der Waals surface area contributed by atoms with Crippen molar-refractivity contribution in [2.75, 3.05) is 32.8 Å². The molecule has 0 unspecified atom stereocenters. The molecule has 164 valence electrons. The summed E-state index contributed by atoms with van der Waals surface area (Å²) in [6, 6.07) is 11.1. The van der Waals surface area contributed by atoms with Gasteiger partial charge in [-0.2, -0.15) is 4.31 Å². The Labute approximate surface area is 190 Å². The molecule has 31 heavy (non-hydrogen) atoms. The van der Waals surface area contributed by atoms with Gasteiger partial charge in [0.05, 0.1) is 6.61 Å². The van der Waals surface area contributed by atoms with Gasteiger partial charge in [0, 0.05) is 42.0 Å². The molecule has 0 atom stereocenters. The molecule has 1 aromatic carbocycles. The number of aromatic nitrogens is 1. The lowest BCUT2D eigenvalue weighted by molar-refractivity contribution is 0.0693. The van der Waals surface area contributed by atoms with Gasteiger partial charge in [-0.25, -0.2) is 13.4 Å². The number of nitrogens with zero attached hydrogens (tertiary/aromatic N) is 3. The highest BCUT2D eigenvalue weighted by molar-refractivity contribution is 7.91. The van der Waals surface area contributed by atoms with Crippen LogP contribution in [0.5, 0.6) is 5.75 Å². The summed E-state index contributed by atoms with van der Waals surface area (Å²) in [6.45, 7) is 5.68. The molecule has 0 aliphatic carbocycles. The maximum absolute atomic E-state index is 12.9. The standard InChI is InChI=1S/C21H23N3O4S3/c1-3-28-17-7-5-16(6-8-17)20-22-18(14-29-20)21(25)23-10-12-24(13-11-23)31(26,27)19-9-4-15(2)30-19/h4-9,14H,3,10-13H2,1-2H3. The molecule has 0 N–H and O–H groups in total. The Morgan fingerprint density at radius 1 is 1.10 bits per heavy atom. The molecule has 2 aromatic heterocycles. The largest absolute Gasteiger partial charge is 0.494 e. The van der Waals surface area contributed by atoms with E-state index in [2.05, 4.69) is 4.98 Å². The summed E-state index contributed by atoms with van der Waals surface area (Å²) in [5.74, 6) is 0.627. The van der Waals surface area contributed by atoms with Gasteiger partial charge in [0.15, 0.2) is 0 Å². The number of carbonyl (C=O) groups is 1. The predicted molar refractivity (Wildman–Crippen MR) is 122 cm³/mol. The Hall–Kier alpha value is -2.27. The van der Waals surface area contributed by atoms with Gasteiger partial charge in [-0.1, -0.05) is 0 Å². The summed E-state index contributed by atoms with van der Waals surface area (Å²) in [5.41, 5.74) is 1.31. The molecule has 0 spiro atoms. The van der Waals surface area contributed by atoms with Gasteiger partial charge in [-0.15, -0.1) is 22.7 Å². The molecule has 3 heterocycles. The van der Waals surface area contributed by atoms with Crippen molar-refractivity contribution in [1.29, 1.82) is 0 Å². The Morgan fingerprint density at radius 3 is 2.42 bits per heavy atom. The average Bonchev–Trinajstić information content (AvgIpc) is 3.44. The minimum Gasteiger partial charge on any atom is -0.494 e. The van der Waals surface area contributed by atoms with Crippen molar-refractivity contribution in [3.63, 3.8) is 0 Å². The van der Waals surface area contributed by atoms with Crippen molar-refractivity contribution in [3.8, 4) is 16.3 Å². The van der Waals surface area contributed by atoms with E-state index in [1.54, 1.807) is 16.3 Å². The molecule has 1 aliphatic rings. The number of sulfonamides is 1. The molecule has 1 amide bonds. The summed E-state index contributed by atoms with van der Waals surface area (Å²) in [5, 5.41) is 2.52. The van der Waals surface area contributed by atoms with Gasteiger partial charge in [0.1, 0.15) is 20.7 Å². The zero-order chi connectivity index (χ0) is 22.0. The van der Waals surface area contributed by atoms with Gasteiger partial charge in [-0.05, 0) is 50.2 Å². The first-order valence-electron chi connectivity index (χ1n) is 9.93.